The van der Waals surface area contributed by atoms with E-state index in [1.54, 1.807) is 13.1 Å². The number of benzene rings is 1. The molecule has 1 aromatic carbocycles. The molecule has 0 radical (unpaired) electrons. The van der Waals surface area contributed by atoms with Crippen LogP contribution in [-0.4, -0.2) is 56.7 Å². The summed E-state index contributed by atoms with van der Waals surface area (Å²) in [7, 11) is 1.75. The first kappa shape index (κ1) is 19.5. The van der Waals surface area contributed by atoms with Crippen molar-refractivity contribution in [3.63, 3.8) is 0 Å². The zero-order chi connectivity index (χ0) is 18.2. The second kappa shape index (κ2) is 9.61. The van der Waals surface area contributed by atoms with Crippen LogP contribution >= 0.6 is 0 Å². The molecule has 1 saturated heterocycles. The Balaban J connectivity index is 1.93. The summed E-state index contributed by atoms with van der Waals surface area (Å²) >= 11 is 0. The molecule has 0 spiro atoms. The third kappa shape index (κ3) is 5.59. The molecule has 1 heterocycles. The smallest absolute Gasteiger partial charge is 0.191 e. The molecule has 1 aromatic rings. The summed E-state index contributed by atoms with van der Waals surface area (Å²) in [5.41, 5.74) is 1.63. The third-order valence-electron chi connectivity index (χ3n) is 4.85. The minimum absolute atomic E-state index is 0.144. The molecule has 2 N–H and O–H groups in total. The van der Waals surface area contributed by atoms with Gasteiger partial charge in [0.05, 0.1) is 5.69 Å². The van der Waals surface area contributed by atoms with Crippen LogP contribution in [0.2, 0.25) is 0 Å². The van der Waals surface area contributed by atoms with Gasteiger partial charge in [-0.1, -0.05) is 19.9 Å². The number of nitrogens with zero attached hydrogens (tertiary/aromatic N) is 3. The van der Waals surface area contributed by atoms with E-state index in [9.17, 15) is 4.39 Å². The van der Waals surface area contributed by atoms with Crippen LogP contribution in [0.25, 0.3) is 0 Å². The van der Waals surface area contributed by atoms with Gasteiger partial charge in [-0.15, -0.1) is 0 Å². The van der Waals surface area contributed by atoms with Gasteiger partial charge in [-0.05, 0) is 37.6 Å². The Morgan fingerprint density at radius 3 is 2.52 bits per heavy atom. The van der Waals surface area contributed by atoms with Crippen molar-refractivity contribution in [2.45, 2.75) is 39.8 Å². The van der Waals surface area contributed by atoms with Crippen LogP contribution in [0.3, 0.4) is 0 Å². The molecule has 1 atom stereocenters. The predicted octanol–water partition coefficient (Wildman–Crippen LogP) is 2.43. The van der Waals surface area contributed by atoms with E-state index in [4.69, 9.17) is 0 Å². The van der Waals surface area contributed by atoms with E-state index >= 15 is 0 Å². The van der Waals surface area contributed by atoms with Gasteiger partial charge in [0.15, 0.2) is 5.96 Å². The van der Waals surface area contributed by atoms with Crippen LogP contribution in [-0.2, 0) is 6.54 Å². The molecular weight excluding hydrogens is 317 g/mol. The number of likely N-dealkylation sites (N-methyl/N-ethyl adjacent to an activating group) is 1. The van der Waals surface area contributed by atoms with Crippen LogP contribution in [0.15, 0.2) is 23.2 Å². The Morgan fingerprint density at radius 1 is 1.24 bits per heavy atom. The number of hydrogen-bond donors (Lipinski definition) is 2. The van der Waals surface area contributed by atoms with Gasteiger partial charge in [0.1, 0.15) is 5.82 Å². The maximum absolute atomic E-state index is 14.6. The Kier molecular flexibility index (Phi) is 7.50. The minimum Gasteiger partial charge on any atom is -0.367 e. The van der Waals surface area contributed by atoms with E-state index in [0.717, 1.165) is 50.7 Å². The highest BCUT2D eigenvalue weighted by Gasteiger charge is 2.18. The molecule has 1 aliphatic rings. The molecule has 6 heteroatoms. The first-order valence-electron chi connectivity index (χ1n) is 9.30. The SMILES string of the molecule is CCC(C)NC(=NC)NCc1ccc(N2CCN(CC)CC2)c(F)c1. The molecule has 0 aromatic heterocycles. The number of guanidine groups is 1. The molecule has 2 rings (SSSR count). The summed E-state index contributed by atoms with van der Waals surface area (Å²) in [5, 5.41) is 6.55. The second-order valence-electron chi connectivity index (χ2n) is 6.59. The molecule has 0 amide bonds. The normalized spacial score (nSPS) is 17.5. The van der Waals surface area contributed by atoms with E-state index < -0.39 is 0 Å². The Morgan fingerprint density at radius 2 is 1.96 bits per heavy atom. The largest absolute Gasteiger partial charge is 0.367 e. The second-order valence-corrected chi connectivity index (χ2v) is 6.59. The van der Waals surface area contributed by atoms with Crippen molar-refractivity contribution in [1.29, 1.82) is 0 Å². The number of nitrogens with one attached hydrogen (secondary N) is 2. The maximum atomic E-state index is 14.6. The average Bonchev–Trinajstić information content (AvgIpc) is 2.65. The Hall–Kier alpha value is -1.82. The van der Waals surface area contributed by atoms with Gasteiger partial charge in [0, 0.05) is 45.8 Å². The van der Waals surface area contributed by atoms with E-state index in [1.807, 2.05) is 12.1 Å². The number of anilines is 1. The Bertz CT molecular complexity index is 567. The molecule has 5 nitrogen and oxygen atoms in total. The van der Waals surface area contributed by atoms with Crippen molar-refractivity contribution in [1.82, 2.24) is 15.5 Å². The lowest BCUT2D eigenvalue weighted by molar-refractivity contribution is 0.270. The van der Waals surface area contributed by atoms with E-state index in [1.165, 1.54) is 0 Å². The average molecular weight is 349 g/mol. The highest BCUT2D eigenvalue weighted by Crippen LogP contribution is 2.22. The zero-order valence-corrected chi connectivity index (χ0v) is 16.0. The van der Waals surface area contributed by atoms with E-state index in [0.29, 0.717) is 18.3 Å². The molecule has 0 saturated carbocycles. The van der Waals surface area contributed by atoms with Gasteiger partial charge in [-0.2, -0.15) is 0 Å². The summed E-state index contributed by atoms with van der Waals surface area (Å²) in [6.45, 7) is 11.8. The summed E-state index contributed by atoms with van der Waals surface area (Å²) in [6.07, 6.45) is 1.02. The molecule has 1 unspecified atom stereocenters. The molecular formula is C19H32FN5. The number of rotatable bonds is 6. The summed E-state index contributed by atoms with van der Waals surface area (Å²) in [5.74, 6) is 0.601. The molecule has 1 aliphatic heterocycles. The predicted molar refractivity (Wildman–Crippen MR) is 104 cm³/mol. The van der Waals surface area contributed by atoms with Gasteiger partial charge in [0.2, 0.25) is 0 Å². The highest BCUT2D eigenvalue weighted by atomic mass is 19.1. The van der Waals surface area contributed by atoms with Crippen molar-refractivity contribution in [2.75, 3.05) is 44.7 Å². The van der Waals surface area contributed by atoms with Crippen molar-refractivity contribution >= 4 is 11.6 Å². The van der Waals surface area contributed by atoms with Gasteiger partial charge in [-0.3, -0.25) is 4.99 Å². The first-order chi connectivity index (χ1) is 12.1. The first-order valence-corrected chi connectivity index (χ1v) is 9.30. The van der Waals surface area contributed by atoms with Crippen LogP contribution < -0.4 is 15.5 Å². The molecule has 0 aliphatic carbocycles. The fourth-order valence-electron chi connectivity index (χ4n) is 2.94. The third-order valence-corrected chi connectivity index (χ3v) is 4.85. The molecule has 25 heavy (non-hydrogen) atoms. The maximum Gasteiger partial charge on any atom is 0.191 e. The molecule has 0 bridgehead atoms. The fraction of sp³-hybridized carbons (Fsp3) is 0.632. The van der Waals surface area contributed by atoms with E-state index in [-0.39, 0.29) is 5.82 Å². The number of piperazine rings is 1. The van der Waals surface area contributed by atoms with Crippen LogP contribution in [0.1, 0.15) is 32.8 Å². The van der Waals surface area contributed by atoms with Crippen molar-refractivity contribution in [3.05, 3.63) is 29.6 Å². The summed E-state index contributed by atoms with van der Waals surface area (Å²) in [4.78, 5) is 8.74. The van der Waals surface area contributed by atoms with E-state index in [2.05, 4.69) is 46.2 Å². The lowest BCUT2D eigenvalue weighted by atomic mass is 10.1. The van der Waals surface area contributed by atoms with Crippen molar-refractivity contribution < 1.29 is 4.39 Å². The Labute approximate surface area is 151 Å². The van der Waals surface area contributed by atoms with Crippen LogP contribution in [0, 0.1) is 5.82 Å². The fourth-order valence-corrected chi connectivity index (χ4v) is 2.94. The minimum atomic E-state index is -0.144. The summed E-state index contributed by atoms with van der Waals surface area (Å²) < 4.78 is 14.6. The molecule has 1 fully saturated rings. The lowest BCUT2D eigenvalue weighted by Crippen LogP contribution is -2.46. The van der Waals surface area contributed by atoms with Gasteiger partial charge in [0.25, 0.3) is 0 Å². The highest BCUT2D eigenvalue weighted by molar-refractivity contribution is 5.79. The molecule has 140 valence electrons. The van der Waals surface area contributed by atoms with Gasteiger partial charge in [-0.25, -0.2) is 4.39 Å². The lowest BCUT2D eigenvalue weighted by Gasteiger charge is -2.35. The number of hydrogen-bond acceptors (Lipinski definition) is 3. The quantitative estimate of drug-likeness (QED) is 0.611. The van der Waals surface area contributed by atoms with Crippen LogP contribution in [0.5, 0.6) is 0 Å². The van der Waals surface area contributed by atoms with Crippen molar-refractivity contribution in [2.24, 2.45) is 4.99 Å². The van der Waals surface area contributed by atoms with Crippen molar-refractivity contribution in [3.8, 4) is 0 Å². The monoisotopic (exact) mass is 349 g/mol. The standard InChI is InChI=1S/C19H32FN5/c1-5-15(3)23-19(21-4)22-14-16-7-8-18(17(20)13-16)25-11-9-24(6-2)10-12-25/h7-8,13,15H,5-6,9-12,14H2,1-4H3,(H2,21,22,23). The van der Waals surface area contributed by atoms with Crippen LogP contribution in [0.4, 0.5) is 10.1 Å². The van der Waals surface area contributed by atoms with Gasteiger partial charge < -0.3 is 20.4 Å². The topological polar surface area (TPSA) is 42.9 Å². The summed E-state index contributed by atoms with van der Waals surface area (Å²) in [6, 6.07) is 5.88. The number of aliphatic imine (C=N–C) groups is 1. The zero-order valence-electron chi connectivity index (χ0n) is 16.0. The van der Waals surface area contributed by atoms with Gasteiger partial charge >= 0.3 is 0 Å². The number of halogens is 1.